The van der Waals surface area contributed by atoms with Crippen molar-refractivity contribution in [2.45, 2.75) is 26.7 Å². The van der Waals surface area contributed by atoms with E-state index < -0.39 is 0 Å². The molecule has 0 aliphatic carbocycles. The highest BCUT2D eigenvalue weighted by atomic mass is 14.9. The molecule has 2 nitrogen and oxygen atoms in total. The van der Waals surface area contributed by atoms with Gasteiger partial charge in [-0.05, 0) is 18.8 Å². The fraction of sp³-hybridized carbons (Fsp3) is 1.00. The zero-order chi connectivity index (χ0) is 6.41. The number of hydrogen-bond donors (Lipinski definition) is 1. The zero-order valence-corrected chi connectivity index (χ0v) is 5.65. The molecule has 0 unspecified atom stereocenters. The van der Waals surface area contributed by atoms with Crippen LogP contribution in [0.3, 0.4) is 0 Å². The summed E-state index contributed by atoms with van der Waals surface area (Å²) >= 11 is 0. The van der Waals surface area contributed by atoms with Crippen molar-refractivity contribution in [3.63, 3.8) is 0 Å². The second-order valence-electron chi connectivity index (χ2n) is 2.42. The Morgan fingerprint density at radius 2 is 2.12 bits per heavy atom. The van der Waals surface area contributed by atoms with Crippen LogP contribution < -0.4 is 0 Å². The molecule has 0 atom stereocenters. The molecule has 0 saturated heterocycles. The molecule has 0 saturated carbocycles. The van der Waals surface area contributed by atoms with Crippen molar-refractivity contribution >= 4 is 0 Å². The van der Waals surface area contributed by atoms with Crippen LogP contribution in [0.2, 0.25) is 0 Å². The van der Waals surface area contributed by atoms with E-state index in [0.29, 0.717) is 6.54 Å². The van der Waals surface area contributed by atoms with Crippen molar-refractivity contribution < 1.29 is 0 Å². The topological polar surface area (TPSA) is 36.2 Å². The van der Waals surface area contributed by atoms with Crippen LogP contribution in [-0.2, 0) is 0 Å². The summed E-state index contributed by atoms with van der Waals surface area (Å²) in [5.41, 5.74) is 6.47. The monoisotopic (exact) mass is 114 g/mol. The summed E-state index contributed by atoms with van der Waals surface area (Å²) in [7, 11) is 0. The third-order valence-corrected chi connectivity index (χ3v) is 1.05. The zero-order valence-electron chi connectivity index (χ0n) is 5.65. The second-order valence-corrected chi connectivity index (χ2v) is 2.42. The Morgan fingerprint density at radius 1 is 1.50 bits per heavy atom. The van der Waals surface area contributed by atoms with Crippen LogP contribution in [0, 0.1) is 11.4 Å². The average Bonchev–Trinajstić information content (AvgIpc) is 1.66. The van der Waals surface area contributed by atoms with Crippen LogP contribution in [0.25, 0.3) is 0 Å². The first-order valence-corrected chi connectivity index (χ1v) is 3.10. The van der Waals surface area contributed by atoms with Gasteiger partial charge in [0, 0.05) is 0 Å². The van der Waals surface area contributed by atoms with Gasteiger partial charge in [0.2, 0.25) is 0 Å². The van der Waals surface area contributed by atoms with Gasteiger partial charge in [0.05, 0.1) is 6.54 Å². The Morgan fingerprint density at radius 3 is 2.50 bits per heavy atom. The lowest BCUT2D eigenvalue weighted by Gasteiger charge is -1.98. The van der Waals surface area contributed by atoms with E-state index >= 15 is 0 Å². The van der Waals surface area contributed by atoms with E-state index in [2.05, 4.69) is 19.0 Å². The molecule has 0 aliphatic rings. The van der Waals surface area contributed by atoms with Gasteiger partial charge >= 0.3 is 0 Å². The van der Waals surface area contributed by atoms with Crippen LogP contribution >= 0.6 is 0 Å². The molecule has 8 heavy (non-hydrogen) atoms. The Hall–Kier alpha value is -0.400. The van der Waals surface area contributed by atoms with Crippen molar-refractivity contribution in [1.29, 1.82) is 5.53 Å². The second kappa shape index (κ2) is 4.75. The minimum atomic E-state index is 0.707. The Bertz CT molecular complexity index is 59.5. The quantitative estimate of drug-likeness (QED) is 0.430. The van der Waals surface area contributed by atoms with E-state index in [9.17, 15) is 0 Å². The van der Waals surface area contributed by atoms with Gasteiger partial charge in [0.1, 0.15) is 0 Å². The predicted molar refractivity (Wildman–Crippen MR) is 34.1 cm³/mol. The number of nitrogens with zero attached hydrogens (tertiary/aromatic N) is 1. The minimum Gasteiger partial charge on any atom is -0.210 e. The van der Waals surface area contributed by atoms with E-state index in [0.717, 1.165) is 12.3 Å². The van der Waals surface area contributed by atoms with Gasteiger partial charge in [-0.2, -0.15) is 5.11 Å². The molecule has 0 radical (unpaired) electrons. The van der Waals surface area contributed by atoms with Crippen LogP contribution in [-0.4, -0.2) is 6.54 Å². The molecule has 0 aromatic heterocycles. The van der Waals surface area contributed by atoms with Gasteiger partial charge < -0.3 is 0 Å². The fourth-order valence-corrected chi connectivity index (χ4v) is 0.579. The lowest BCUT2D eigenvalue weighted by atomic mass is 10.1. The summed E-state index contributed by atoms with van der Waals surface area (Å²) in [5, 5.41) is 3.26. The SMILES string of the molecule is CC(C)CCCN=N. The van der Waals surface area contributed by atoms with Crippen LogP contribution in [0.5, 0.6) is 0 Å². The summed E-state index contributed by atoms with van der Waals surface area (Å²) in [6.45, 7) is 5.08. The minimum absolute atomic E-state index is 0.707. The third-order valence-electron chi connectivity index (χ3n) is 1.05. The largest absolute Gasteiger partial charge is 0.210 e. The van der Waals surface area contributed by atoms with E-state index in [1.54, 1.807) is 0 Å². The molecule has 0 heterocycles. The molecule has 0 spiro atoms. The average molecular weight is 114 g/mol. The molecule has 0 rings (SSSR count). The van der Waals surface area contributed by atoms with Gasteiger partial charge in [-0.1, -0.05) is 13.8 Å². The highest BCUT2D eigenvalue weighted by Crippen LogP contribution is 2.02. The highest BCUT2D eigenvalue weighted by Gasteiger charge is 1.90. The lowest BCUT2D eigenvalue weighted by molar-refractivity contribution is 0.555. The lowest BCUT2D eigenvalue weighted by Crippen LogP contribution is -1.87. The van der Waals surface area contributed by atoms with Crippen molar-refractivity contribution in [2.24, 2.45) is 11.0 Å². The number of hydrogen-bond acceptors (Lipinski definition) is 2. The van der Waals surface area contributed by atoms with Crippen molar-refractivity contribution in [3.05, 3.63) is 0 Å². The fourth-order valence-electron chi connectivity index (χ4n) is 0.579. The number of rotatable bonds is 4. The first-order chi connectivity index (χ1) is 3.77. The molecule has 0 aliphatic heterocycles. The smallest absolute Gasteiger partial charge is 0.0596 e. The molecule has 48 valence electrons. The van der Waals surface area contributed by atoms with Crippen LogP contribution in [0.1, 0.15) is 26.7 Å². The summed E-state index contributed by atoms with van der Waals surface area (Å²) in [6, 6.07) is 0. The van der Waals surface area contributed by atoms with Gasteiger partial charge in [0.25, 0.3) is 0 Å². The van der Waals surface area contributed by atoms with Crippen LogP contribution in [0.4, 0.5) is 0 Å². The normalized spacial score (nSPS) is 9.88. The van der Waals surface area contributed by atoms with E-state index in [4.69, 9.17) is 5.53 Å². The molecular weight excluding hydrogens is 100 g/mol. The third kappa shape index (κ3) is 5.60. The number of nitrogens with one attached hydrogen (secondary N) is 1. The van der Waals surface area contributed by atoms with Gasteiger partial charge in [-0.25, -0.2) is 5.53 Å². The first kappa shape index (κ1) is 7.60. The highest BCUT2D eigenvalue weighted by molar-refractivity contribution is 4.45. The summed E-state index contributed by atoms with van der Waals surface area (Å²) < 4.78 is 0. The standard InChI is InChI=1S/C6H14N2/c1-6(2)4-3-5-8-7/h6-7H,3-5H2,1-2H3. The van der Waals surface area contributed by atoms with E-state index in [-0.39, 0.29) is 0 Å². The maximum atomic E-state index is 6.47. The van der Waals surface area contributed by atoms with Crippen molar-refractivity contribution in [3.8, 4) is 0 Å². The molecule has 0 amide bonds. The molecule has 2 heteroatoms. The van der Waals surface area contributed by atoms with Gasteiger partial charge in [-0.15, -0.1) is 0 Å². The maximum Gasteiger partial charge on any atom is 0.0596 e. The molecule has 0 fully saturated rings. The maximum absolute atomic E-state index is 6.47. The summed E-state index contributed by atoms with van der Waals surface area (Å²) in [5.74, 6) is 0.761. The molecule has 0 bridgehead atoms. The Balaban J connectivity index is 2.81. The van der Waals surface area contributed by atoms with Gasteiger partial charge in [-0.3, -0.25) is 0 Å². The Labute approximate surface area is 50.8 Å². The van der Waals surface area contributed by atoms with Crippen molar-refractivity contribution in [1.82, 2.24) is 0 Å². The van der Waals surface area contributed by atoms with Crippen molar-refractivity contribution in [2.75, 3.05) is 6.54 Å². The van der Waals surface area contributed by atoms with Crippen LogP contribution in [0.15, 0.2) is 5.11 Å². The summed E-state index contributed by atoms with van der Waals surface area (Å²) in [4.78, 5) is 0. The van der Waals surface area contributed by atoms with E-state index in [1.807, 2.05) is 0 Å². The van der Waals surface area contributed by atoms with Gasteiger partial charge in [0.15, 0.2) is 0 Å². The predicted octanol–water partition coefficient (Wildman–Crippen LogP) is 2.45. The molecular formula is C6H14N2. The summed E-state index contributed by atoms with van der Waals surface area (Å²) in [6.07, 6.45) is 2.27. The van der Waals surface area contributed by atoms with E-state index in [1.165, 1.54) is 6.42 Å². The Kier molecular flexibility index (Phi) is 4.51. The first-order valence-electron chi connectivity index (χ1n) is 3.10. The molecule has 0 aromatic rings. The molecule has 0 aromatic carbocycles. The molecule has 1 N–H and O–H groups in total.